The van der Waals surface area contributed by atoms with Gasteiger partial charge in [0.05, 0.1) is 18.2 Å². The van der Waals surface area contributed by atoms with E-state index in [1.165, 1.54) is 11.0 Å². The van der Waals surface area contributed by atoms with Gasteiger partial charge in [-0.25, -0.2) is 8.78 Å². The molecule has 0 radical (unpaired) electrons. The summed E-state index contributed by atoms with van der Waals surface area (Å²) in [4.78, 5) is 26.3. The SMILES string of the molecule is CCOc1ccccc1N1C[C@@H](C(=O)Nc2ccc(F)c(F)c2)CC1=O. The Bertz CT molecular complexity index is 841. The van der Waals surface area contributed by atoms with Gasteiger partial charge in [-0.05, 0) is 31.2 Å². The van der Waals surface area contributed by atoms with Crippen LogP contribution in [0.3, 0.4) is 0 Å². The molecular weight excluding hydrogens is 342 g/mol. The Morgan fingerprint density at radius 1 is 1.23 bits per heavy atom. The van der Waals surface area contributed by atoms with Gasteiger partial charge in [0.2, 0.25) is 11.8 Å². The van der Waals surface area contributed by atoms with E-state index >= 15 is 0 Å². The zero-order valence-electron chi connectivity index (χ0n) is 14.2. The van der Waals surface area contributed by atoms with Crippen molar-refractivity contribution in [1.29, 1.82) is 0 Å². The molecule has 1 saturated heterocycles. The summed E-state index contributed by atoms with van der Waals surface area (Å²) in [6.07, 6.45) is 0.0377. The summed E-state index contributed by atoms with van der Waals surface area (Å²) in [6.45, 7) is 2.50. The first-order chi connectivity index (χ1) is 12.5. The molecule has 1 atom stereocenters. The lowest BCUT2D eigenvalue weighted by Gasteiger charge is -2.20. The van der Waals surface area contributed by atoms with E-state index in [0.29, 0.717) is 18.0 Å². The predicted octanol–water partition coefficient (Wildman–Crippen LogP) is 3.36. The molecule has 26 heavy (non-hydrogen) atoms. The van der Waals surface area contributed by atoms with E-state index in [2.05, 4.69) is 5.32 Å². The topological polar surface area (TPSA) is 58.6 Å². The van der Waals surface area contributed by atoms with Crippen molar-refractivity contribution >= 4 is 23.2 Å². The summed E-state index contributed by atoms with van der Waals surface area (Å²) in [5.74, 6) is -2.66. The number of benzene rings is 2. The Labute approximate surface area is 149 Å². The largest absolute Gasteiger partial charge is 0.492 e. The van der Waals surface area contributed by atoms with E-state index in [0.717, 1.165) is 12.1 Å². The minimum absolute atomic E-state index is 0.0377. The number of rotatable bonds is 5. The van der Waals surface area contributed by atoms with Crippen LogP contribution < -0.4 is 15.0 Å². The normalized spacial score (nSPS) is 16.7. The van der Waals surface area contributed by atoms with Gasteiger partial charge in [0.15, 0.2) is 11.6 Å². The van der Waals surface area contributed by atoms with Gasteiger partial charge in [-0.3, -0.25) is 9.59 Å². The van der Waals surface area contributed by atoms with Gasteiger partial charge >= 0.3 is 0 Å². The molecule has 5 nitrogen and oxygen atoms in total. The molecule has 2 amide bonds. The average molecular weight is 360 g/mol. The predicted molar refractivity (Wildman–Crippen MR) is 93.1 cm³/mol. The first-order valence-electron chi connectivity index (χ1n) is 8.27. The molecule has 0 aromatic heterocycles. The maximum atomic E-state index is 13.3. The molecule has 0 bridgehead atoms. The molecule has 3 rings (SSSR count). The standard InChI is InChI=1S/C19H18F2N2O3/c1-2-26-17-6-4-3-5-16(17)23-11-12(9-18(23)24)19(25)22-13-7-8-14(20)15(21)10-13/h3-8,10,12H,2,9,11H2,1H3,(H,22,25)/t12-/m0/s1. The molecule has 1 heterocycles. The van der Waals surface area contributed by atoms with Crippen LogP contribution in [0, 0.1) is 17.6 Å². The van der Waals surface area contributed by atoms with Crippen LogP contribution >= 0.6 is 0 Å². The van der Waals surface area contributed by atoms with E-state index in [9.17, 15) is 18.4 Å². The van der Waals surface area contributed by atoms with Crippen LogP contribution in [0.25, 0.3) is 0 Å². The Morgan fingerprint density at radius 3 is 2.73 bits per heavy atom. The van der Waals surface area contributed by atoms with Crippen molar-refractivity contribution in [2.24, 2.45) is 5.92 Å². The number of carbonyl (C=O) groups excluding carboxylic acids is 2. The zero-order valence-corrected chi connectivity index (χ0v) is 14.2. The van der Waals surface area contributed by atoms with Crippen molar-refractivity contribution in [3.63, 3.8) is 0 Å². The molecule has 2 aromatic carbocycles. The van der Waals surface area contributed by atoms with Crippen LogP contribution in [0.4, 0.5) is 20.2 Å². The molecule has 136 valence electrons. The fraction of sp³-hybridized carbons (Fsp3) is 0.263. The second kappa shape index (κ2) is 7.51. The molecule has 1 aliphatic heterocycles. The van der Waals surface area contributed by atoms with E-state index in [-0.39, 0.29) is 24.6 Å². The number of carbonyl (C=O) groups is 2. The van der Waals surface area contributed by atoms with Crippen molar-refractivity contribution in [3.05, 3.63) is 54.1 Å². The number of hydrogen-bond acceptors (Lipinski definition) is 3. The fourth-order valence-electron chi connectivity index (χ4n) is 2.89. The number of nitrogens with one attached hydrogen (secondary N) is 1. The summed E-state index contributed by atoms with van der Waals surface area (Å²) < 4.78 is 31.8. The van der Waals surface area contributed by atoms with E-state index in [1.807, 2.05) is 13.0 Å². The number of para-hydroxylation sites is 2. The van der Waals surface area contributed by atoms with Crippen LogP contribution in [0.5, 0.6) is 5.75 Å². The number of anilines is 2. The Kier molecular flexibility index (Phi) is 5.16. The molecule has 1 aliphatic rings. The van der Waals surface area contributed by atoms with Crippen molar-refractivity contribution in [3.8, 4) is 5.75 Å². The summed E-state index contributed by atoms with van der Waals surface area (Å²) in [5, 5.41) is 2.53. The Balaban J connectivity index is 1.73. The van der Waals surface area contributed by atoms with Gasteiger partial charge in [0, 0.05) is 24.7 Å². The maximum absolute atomic E-state index is 13.3. The second-order valence-corrected chi connectivity index (χ2v) is 5.92. The molecule has 0 unspecified atom stereocenters. The van der Waals surface area contributed by atoms with Gasteiger partial charge in [-0.1, -0.05) is 12.1 Å². The highest BCUT2D eigenvalue weighted by molar-refractivity contribution is 6.04. The van der Waals surface area contributed by atoms with Crippen molar-refractivity contribution < 1.29 is 23.1 Å². The van der Waals surface area contributed by atoms with Gasteiger partial charge in [0.25, 0.3) is 0 Å². The quantitative estimate of drug-likeness (QED) is 0.890. The van der Waals surface area contributed by atoms with Gasteiger partial charge in [-0.15, -0.1) is 0 Å². The number of nitrogens with zero attached hydrogens (tertiary/aromatic N) is 1. The van der Waals surface area contributed by atoms with Crippen LogP contribution in [-0.4, -0.2) is 25.0 Å². The number of halogens is 2. The lowest BCUT2D eigenvalue weighted by Crippen LogP contribution is -2.28. The Hall–Kier alpha value is -2.96. The molecule has 0 aliphatic carbocycles. The second-order valence-electron chi connectivity index (χ2n) is 5.92. The first kappa shape index (κ1) is 17.8. The molecule has 0 spiro atoms. The van der Waals surface area contributed by atoms with E-state index in [1.54, 1.807) is 18.2 Å². The molecule has 0 saturated carbocycles. The molecule has 1 fully saturated rings. The minimum atomic E-state index is -1.04. The zero-order chi connectivity index (χ0) is 18.7. The highest BCUT2D eigenvalue weighted by Crippen LogP contribution is 2.33. The fourth-order valence-corrected chi connectivity index (χ4v) is 2.89. The van der Waals surface area contributed by atoms with Gasteiger partial charge in [-0.2, -0.15) is 0 Å². The molecular formula is C19H18F2N2O3. The minimum Gasteiger partial charge on any atom is -0.492 e. The summed E-state index contributed by atoms with van der Waals surface area (Å²) >= 11 is 0. The van der Waals surface area contributed by atoms with Gasteiger partial charge in [0.1, 0.15) is 5.75 Å². The van der Waals surface area contributed by atoms with Crippen LogP contribution in [0.2, 0.25) is 0 Å². The summed E-state index contributed by atoms with van der Waals surface area (Å²) in [6, 6.07) is 10.2. The lowest BCUT2D eigenvalue weighted by atomic mass is 10.1. The average Bonchev–Trinajstić information content (AvgIpc) is 3.01. The number of amides is 2. The van der Waals surface area contributed by atoms with Crippen molar-refractivity contribution in [1.82, 2.24) is 0 Å². The summed E-state index contributed by atoms with van der Waals surface area (Å²) in [7, 11) is 0. The highest BCUT2D eigenvalue weighted by Gasteiger charge is 2.36. The third-order valence-electron chi connectivity index (χ3n) is 4.14. The highest BCUT2D eigenvalue weighted by atomic mass is 19.2. The van der Waals surface area contributed by atoms with Crippen LogP contribution in [0.1, 0.15) is 13.3 Å². The smallest absolute Gasteiger partial charge is 0.229 e. The van der Waals surface area contributed by atoms with Crippen molar-refractivity contribution in [2.45, 2.75) is 13.3 Å². The third-order valence-corrected chi connectivity index (χ3v) is 4.14. The van der Waals surface area contributed by atoms with Crippen molar-refractivity contribution in [2.75, 3.05) is 23.4 Å². The lowest BCUT2D eigenvalue weighted by molar-refractivity contribution is -0.122. The summed E-state index contributed by atoms with van der Waals surface area (Å²) in [5.41, 5.74) is 0.761. The molecule has 2 aromatic rings. The van der Waals surface area contributed by atoms with Crippen LogP contribution in [0.15, 0.2) is 42.5 Å². The monoisotopic (exact) mass is 360 g/mol. The Morgan fingerprint density at radius 2 is 2.00 bits per heavy atom. The van der Waals surface area contributed by atoms with E-state index in [4.69, 9.17) is 4.74 Å². The molecule has 7 heteroatoms. The first-order valence-corrected chi connectivity index (χ1v) is 8.27. The van der Waals surface area contributed by atoms with Gasteiger partial charge < -0.3 is 15.0 Å². The molecule has 1 N–H and O–H groups in total. The maximum Gasteiger partial charge on any atom is 0.229 e. The third kappa shape index (κ3) is 3.66. The number of hydrogen-bond donors (Lipinski definition) is 1. The number of ether oxygens (including phenoxy) is 1. The van der Waals surface area contributed by atoms with E-state index < -0.39 is 23.5 Å². The van der Waals surface area contributed by atoms with Crippen LogP contribution in [-0.2, 0) is 9.59 Å².